The van der Waals surface area contributed by atoms with Crippen molar-refractivity contribution in [1.29, 1.82) is 0 Å². The molecule has 0 fully saturated rings. The largest absolute Gasteiger partial charge is 0.504 e. The topological polar surface area (TPSA) is 29.5 Å². The lowest BCUT2D eigenvalue weighted by Gasteiger charge is -2.01. The SMILES string of the molecule is COc1cc2cc(S)sc2cc1O. The van der Waals surface area contributed by atoms with Crippen LogP contribution in [0.2, 0.25) is 0 Å². The summed E-state index contributed by atoms with van der Waals surface area (Å²) in [5.41, 5.74) is 0. The van der Waals surface area contributed by atoms with Gasteiger partial charge in [-0.3, -0.25) is 0 Å². The molecule has 0 bridgehead atoms. The normalized spacial score (nSPS) is 10.6. The Kier molecular flexibility index (Phi) is 2.09. The Morgan fingerprint density at radius 3 is 2.85 bits per heavy atom. The maximum absolute atomic E-state index is 9.47. The van der Waals surface area contributed by atoms with E-state index in [1.807, 2.05) is 6.07 Å². The summed E-state index contributed by atoms with van der Waals surface area (Å²) in [6.07, 6.45) is 0. The van der Waals surface area contributed by atoms with Gasteiger partial charge in [0.05, 0.1) is 11.3 Å². The van der Waals surface area contributed by atoms with Crippen molar-refractivity contribution in [2.24, 2.45) is 0 Å². The third-order valence-corrected chi connectivity index (χ3v) is 3.11. The van der Waals surface area contributed by atoms with E-state index in [1.165, 1.54) is 18.4 Å². The summed E-state index contributed by atoms with van der Waals surface area (Å²) in [7, 11) is 1.54. The van der Waals surface area contributed by atoms with Crippen LogP contribution in [-0.4, -0.2) is 12.2 Å². The Morgan fingerprint density at radius 2 is 2.15 bits per heavy atom. The number of phenols is 1. The van der Waals surface area contributed by atoms with Gasteiger partial charge >= 0.3 is 0 Å². The van der Waals surface area contributed by atoms with Gasteiger partial charge in [0.15, 0.2) is 11.5 Å². The molecule has 1 aromatic carbocycles. The summed E-state index contributed by atoms with van der Waals surface area (Å²) in [5, 5.41) is 10.5. The summed E-state index contributed by atoms with van der Waals surface area (Å²) in [6.45, 7) is 0. The Balaban J connectivity index is 2.72. The Hall–Kier alpha value is -0.870. The van der Waals surface area contributed by atoms with Crippen molar-refractivity contribution in [3.63, 3.8) is 0 Å². The van der Waals surface area contributed by atoms with Crippen molar-refractivity contribution in [3.8, 4) is 11.5 Å². The van der Waals surface area contributed by atoms with Crippen LogP contribution < -0.4 is 4.74 Å². The van der Waals surface area contributed by atoms with Crippen LogP contribution in [0.4, 0.5) is 0 Å². The highest BCUT2D eigenvalue weighted by atomic mass is 32.2. The zero-order chi connectivity index (χ0) is 9.42. The molecule has 0 atom stereocenters. The number of hydrogen-bond donors (Lipinski definition) is 2. The molecule has 0 saturated heterocycles. The van der Waals surface area contributed by atoms with E-state index < -0.39 is 0 Å². The van der Waals surface area contributed by atoms with E-state index in [-0.39, 0.29) is 5.75 Å². The fourth-order valence-electron chi connectivity index (χ4n) is 1.20. The Morgan fingerprint density at radius 1 is 1.38 bits per heavy atom. The molecule has 1 aromatic heterocycles. The van der Waals surface area contributed by atoms with Crippen molar-refractivity contribution in [3.05, 3.63) is 18.2 Å². The smallest absolute Gasteiger partial charge is 0.161 e. The highest BCUT2D eigenvalue weighted by Gasteiger charge is 2.05. The lowest BCUT2D eigenvalue weighted by Crippen LogP contribution is -1.81. The predicted molar refractivity (Wildman–Crippen MR) is 57.3 cm³/mol. The van der Waals surface area contributed by atoms with Gasteiger partial charge in [-0.25, -0.2) is 0 Å². The standard InChI is InChI=1S/C9H8O2S2/c1-11-7-2-5-3-9(12)13-8(5)4-6(7)10/h2-4,10,12H,1H3. The first-order chi connectivity index (χ1) is 6.20. The number of ether oxygens (including phenoxy) is 1. The van der Waals surface area contributed by atoms with Crippen molar-refractivity contribution < 1.29 is 9.84 Å². The second-order valence-corrected chi connectivity index (χ2v) is 4.51. The van der Waals surface area contributed by atoms with E-state index in [2.05, 4.69) is 12.6 Å². The molecule has 4 heteroatoms. The van der Waals surface area contributed by atoms with E-state index >= 15 is 0 Å². The van der Waals surface area contributed by atoms with Crippen molar-refractivity contribution in [2.75, 3.05) is 7.11 Å². The average Bonchev–Trinajstić information content (AvgIpc) is 2.42. The van der Waals surface area contributed by atoms with Crippen molar-refractivity contribution in [1.82, 2.24) is 0 Å². The van der Waals surface area contributed by atoms with E-state index in [0.29, 0.717) is 5.75 Å². The number of thiophene rings is 1. The molecule has 0 radical (unpaired) electrons. The van der Waals surface area contributed by atoms with Crippen LogP contribution in [0.25, 0.3) is 10.1 Å². The van der Waals surface area contributed by atoms with Crippen LogP contribution in [0.3, 0.4) is 0 Å². The number of fused-ring (bicyclic) bond motifs is 1. The molecule has 0 saturated carbocycles. The van der Waals surface area contributed by atoms with Gasteiger partial charge in [-0.05, 0) is 17.5 Å². The Bertz CT molecular complexity index is 448. The first-order valence-electron chi connectivity index (χ1n) is 3.70. The first kappa shape index (κ1) is 8.72. The van der Waals surface area contributed by atoms with Gasteiger partial charge in [-0.1, -0.05) is 0 Å². The van der Waals surface area contributed by atoms with E-state index in [0.717, 1.165) is 14.3 Å². The minimum absolute atomic E-state index is 0.171. The number of hydrogen-bond acceptors (Lipinski definition) is 4. The molecule has 1 heterocycles. The second-order valence-electron chi connectivity index (χ2n) is 2.65. The molecular weight excluding hydrogens is 204 g/mol. The van der Waals surface area contributed by atoms with Crippen LogP contribution in [0.15, 0.2) is 22.4 Å². The van der Waals surface area contributed by atoms with Gasteiger partial charge < -0.3 is 9.84 Å². The third-order valence-electron chi connectivity index (χ3n) is 1.80. The highest BCUT2D eigenvalue weighted by Crippen LogP contribution is 2.36. The summed E-state index contributed by atoms with van der Waals surface area (Å²) >= 11 is 5.77. The summed E-state index contributed by atoms with van der Waals surface area (Å²) in [5.74, 6) is 0.670. The molecule has 1 N–H and O–H groups in total. The van der Waals surface area contributed by atoms with Gasteiger partial charge in [0.2, 0.25) is 0 Å². The summed E-state index contributed by atoms with van der Waals surface area (Å²) in [6, 6.07) is 5.45. The number of thiol groups is 1. The minimum Gasteiger partial charge on any atom is -0.504 e. The maximum atomic E-state index is 9.47. The van der Waals surface area contributed by atoms with Gasteiger partial charge in [0.1, 0.15) is 0 Å². The maximum Gasteiger partial charge on any atom is 0.161 e. The lowest BCUT2D eigenvalue weighted by atomic mass is 10.2. The van der Waals surface area contributed by atoms with Gasteiger partial charge in [0, 0.05) is 10.8 Å². The summed E-state index contributed by atoms with van der Waals surface area (Å²) in [4.78, 5) is 0. The van der Waals surface area contributed by atoms with Crippen LogP contribution in [-0.2, 0) is 0 Å². The zero-order valence-electron chi connectivity index (χ0n) is 6.94. The monoisotopic (exact) mass is 212 g/mol. The average molecular weight is 212 g/mol. The zero-order valence-corrected chi connectivity index (χ0v) is 8.65. The highest BCUT2D eigenvalue weighted by molar-refractivity contribution is 7.83. The van der Waals surface area contributed by atoms with Gasteiger partial charge in [-0.15, -0.1) is 24.0 Å². The molecular formula is C9H8O2S2. The predicted octanol–water partition coefficient (Wildman–Crippen LogP) is 2.90. The molecule has 0 aliphatic carbocycles. The first-order valence-corrected chi connectivity index (χ1v) is 4.96. The van der Waals surface area contributed by atoms with E-state index in [9.17, 15) is 5.11 Å². The fourth-order valence-corrected chi connectivity index (χ4v) is 2.46. The van der Waals surface area contributed by atoms with E-state index in [1.54, 1.807) is 12.1 Å². The molecule has 0 aliphatic rings. The van der Waals surface area contributed by atoms with Crippen LogP contribution in [0.1, 0.15) is 0 Å². The lowest BCUT2D eigenvalue weighted by molar-refractivity contribution is 0.374. The second kappa shape index (κ2) is 3.12. The van der Waals surface area contributed by atoms with Crippen molar-refractivity contribution >= 4 is 34.1 Å². The van der Waals surface area contributed by atoms with Crippen molar-refractivity contribution in [2.45, 2.75) is 4.21 Å². The van der Waals surface area contributed by atoms with Crippen LogP contribution in [0.5, 0.6) is 11.5 Å². The number of benzene rings is 1. The molecule has 2 nitrogen and oxygen atoms in total. The molecule has 68 valence electrons. The number of methoxy groups -OCH3 is 1. The molecule has 13 heavy (non-hydrogen) atoms. The molecule has 0 amide bonds. The number of phenolic OH excluding ortho intramolecular Hbond substituents is 1. The minimum atomic E-state index is 0.171. The number of rotatable bonds is 1. The number of aromatic hydroxyl groups is 1. The molecule has 0 spiro atoms. The molecule has 2 aromatic rings. The quantitative estimate of drug-likeness (QED) is 0.712. The van der Waals surface area contributed by atoms with E-state index in [4.69, 9.17) is 4.74 Å². The van der Waals surface area contributed by atoms with Gasteiger partial charge in [-0.2, -0.15) is 0 Å². The van der Waals surface area contributed by atoms with Gasteiger partial charge in [0.25, 0.3) is 0 Å². The third kappa shape index (κ3) is 1.47. The summed E-state index contributed by atoms with van der Waals surface area (Å²) < 4.78 is 6.94. The fraction of sp³-hybridized carbons (Fsp3) is 0.111. The van der Waals surface area contributed by atoms with Crippen LogP contribution in [0, 0.1) is 0 Å². The Labute approximate surface area is 85.2 Å². The molecule has 0 aliphatic heterocycles. The van der Waals surface area contributed by atoms with Crippen LogP contribution >= 0.6 is 24.0 Å². The molecule has 0 unspecified atom stereocenters. The molecule has 2 rings (SSSR count).